The van der Waals surface area contributed by atoms with Gasteiger partial charge in [0.1, 0.15) is 11.5 Å². The SMILES string of the molecule is COc1ccc(C(=O)COC(=O)C(=Cc2cccs2)c2cccs2)c(OC)c1. The molecule has 2 heterocycles. The smallest absolute Gasteiger partial charge is 0.340 e. The molecular weight excluding hydrogens is 396 g/mol. The average Bonchev–Trinajstić information content (AvgIpc) is 3.43. The summed E-state index contributed by atoms with van der Waals surface area (Å²) in [5, 5.41) is 3.82. The van der Waals surface area contributed by atoms with Crippen LogP contribution in [-0.4, -0.2) is 32.6 Å². The first-order valence-electron chi connectivity index (χ1n) is 8.34. The summed E-state index contributed by atoms with van der Waals surface area (Å²) in [7, 11) is 3.00. The maximum absolute atomic E-state index is 12.7. The highest BCUT2D eigenvalue weighted by Crippen LogP contribution is 2.27. The van der Waals surface area contributed by atoms with Crippen molar-refractivity contribution >= 4 is 46.1 Å². The van der Waals surface area contributed by atoms with Crippen molar-refractivity contribution in [1.29, 1.82) is 0 Å². The lowest BCUT2D eigenvalue weighted by molar-refractivity contribution is -0.135. The van der Waals surface area contributed by atoms with Gasteiger partial charge in [0.2, 0.25) is 5.78 Å². The number of ketones is 1. The largest absolute Gasteiger partial charge is 0.497 e. The number of thiophene rings is 2. The number of methoxy groups -OCH3 is 2. The third kappa shape index (κ3) is 4.68. The van der Waals surface area contributed by atoms with E-state index in [4.69, 9.17) is 14.2 Å². The van der Waals surface area contributed by atoms with Crippen LogP contribution < -0.4 is 9.47 Å². The van der Waals surface area contributed by atoms with E-state index in [1.54, 1.807) is 24.3 Å². The Bertz CT molecular complexity index is 972. The fraction of sp³-hybridized carbons (Fsp3) is 0.143. The molecule has 0 spiro atoms. The van der Waals surface area contributed by atoms with Gasteiger partial charge in [0.25, 0.3) is 0 Å². The van der Waals surface area contributed by atoms with Crippen molar-refractivity contribution in [3.8, 4) is 11.5 Å². The molecule has 0 saturated heterocycles. The zero-order valence-electron chi connectivity index (χ0n) is 15.3. The molecular formula is C21H18O5S2. The third-order valence-corrected chi connectivity index (χ3v) is 5.60. The van der Waals surface area contributed by atoms with E-state index >= 15 is 0 Å². The summed E-state index contributed by atoms with van der Waals surface area (Å²) >= 11 is 2.96. The van der Waals surface area contributed by atoms with E-state index in [2.05, 4.69) is 0 Å². The molecule has 3 aromatic rings. The zero-order valence-corrected chi connectivity index (χ0v) is 17.0. The Morgan fingerprint density at radius 2 is 1.79 bits per heavy atom. The molecule has 0 atom stereocenters. The van der Waals surface area contributed by atoms with Gasteiger partial charge in [-0.1, -0.05) is 12.1 Å². The summed E-state index contributed by atoms with van der Waals surface area (Å²) < 4.78 is 15.7. The van der Waals surface area contributed by atoms with Gasteiger partial charge in [-0.25, -0.2) is 4.79 Å². The molecule has 1 aromatic carbocycles. The van der Waals surface area contributed by atoms with Crippen molar-refractivity contribution in [2.75, 3.05) is 20.8 Å². The van der Waals surface area contributed by atoms with E-state index < -0.39 is 5.97 Å². The van der Waals surface area contributed by atoms with Gasteiger partial charge >= 0.3 is 5.97 Å². The molecule has 0 aliphatic rings. The van der Waals surface area contributed by atoms with E-state index in [1.807, 2.05) is 35.0 Å². The molecule has 0 aliphatic carbocycles. The molecule has 0 aliphatic heterocycles. The quantitative estimate of drug-likeness (QED) is 0.301. The molecule has 144 valence electrons. The minimum Gasteiger partial charge on any atom is -0.497 e. The van der Waals surface area contributed by atoms with E-state index in [9.17, 15) is 9.59 Å². The molecule has 0 bridgehead atoms. The van der Waals surface area contributed by atoms with E-state index in [-0.39, 0.29) is 12.4 Å². The second kappa shape index (κ2) is 9.34. The van der Waals surface area contributed by atoms with Crippen molar-refractivity contribution in [2.45, 2.75) is 0 Å². The normalized spacial score (nSPS) is 11.1. The number of carbonyl (C=O) groups excluding carboxylic acids is 2. The van der Waals surface area contributed by atoms with Crippen molar-refractivity contribution in [2.24, 2.45) is 0 Å². The first-order valence-corrected chi connectivity index (χ1v) is 10.1. The van der Waals surface area contributed by atoms with Gasteiger partial charge in [-0.15, -0.1) is 22.7 Å². The van der Waals surface area contributed by atoms with Crippen molar-refractivity contribution < 1.29 is 23.8 Å². The molecule has 0 saturated carbocycles. The van der Waals surface area contributed by atoms with Crippen molar-refractivity contribution in [3.63, 3.8) is 0 Å². The number of ether oxygens (including phenoxy) is 3. The van der Waals surface area contributed by atoms with Crippen LogP contribution >= 0.6 is 22.7 Å². The number of esters is 1. The Hall–Kier alpha value is -2.90. The molecule has 7 heteroatoms. The Balaban J connectivity index is 1.75. The van der Waals surface area contributed by atoms with Crippen LogP contribution in [0.1, 0.15) is 20.1 Å². The topological polar surface area (TPSA) is 61.8 Å². The third-order valence-electron chi connectivity index (χ3n) is 3.88. The van der Waals surface area contributed by atoms with Gasteiger partial charge in [0, 0.05) is 15.8 Å². The lowest BCUT2D eigenvalue weighted by atomic mass is 10.1. The average molecular weight is 415 g/mol. The summed E-state index contributed by atoms with van der Waals surface area (Å²) in [6, 6.07) is 12.4. The molecule has 28 heavy (non-hydrogen) atoms. The first kappa shape index (κ1) is 19.9. The predicted molar refractivity (Wildman–Crippen MR) is 111 cm³/mol. The van der Waals surface area contributed by atoms with Crippen LogP contribution in [0, 0.1) is 0 Å². The fourth-order valence-corrected chi connectivity index (χ4v) is 3.88. The van der Waals surface area contributed by atoms with E-state index in [0.717, 1.165) is 9.75 Å². The Labute approximate surface area is 170 Å². The summed E-state index contributed by atoms with van der Waals surface area (Å²) in [5.74, 6) is 0.0449. The lowest BCUT2D eigenvalue weighted by Gasteiger charge is -2.10. The number of rotatable bonds is 8. The fourth-order valence-electron chi connectivity index (χ4n) is 2.49. The minimum atomic E-state index is -0.545. The number of Topliss-reactive ketones (excluding diaryl/α,β-unsaturated/α-hetero) is 1. The summed E-state index contributed by atoms with van der Waals surface area (Å²) in [5.41, 5.74) is 0.753. The van der Waals surface area contributed by atoms with E-state index in [1.165, 1.54) is 36.9 Å². The number of hydrogen-bond acceptors (Lipinski definition) is 7. The highest BCUT2D eigenvalue weighted by Gasteiger charge is 2.19. The summed E-state index contributed by atoms with van der Waals surface area (Å²) in [6.45, 7) is -0.380. The molecule has 2 aromatic heterocycles. The molecule has 3 rings (SSSR count). The highest BCUT2D eigenvalue weighted by atomic mass is 32.1. The second-order valence-corrected chi connectivity index (χ2v) is 7.54. The van der Waals surface area contributed by atoms with Crippen LogP contribution in [0.5, 0.6) is 11.5 Å². The van der Waals surface area contributed by atoms with Gasteiger partial charge in [0.05, 0.1) is 25.4 Å². The van der Waals surface area contributed by atoms with Gasteiger partial charge < -0.3 is 14.2 Å². The van der Waals surface area contributed by atoms with Crippen LogP contribution in [0.25, 0.3) is 11.6 Å². The maximum Gasteiger partial charge on any atom is 0.340 e. The standard InChI is InChI=1S/C21H18O5S2/c1-24-14-7-8-16(19(11-14)25-2)18(22)13-26-21(23)17(20-6-4-10-28-20)12-15-5-3-9-27-15/h3-12H,13H2,1-2H3. The lowest BCUT2D eigenvalue weighted by Crippen LogP contribution is -2.15. The molecule has 0 unspecified atom stereocenters. The van der Waals surface area contributed by atoms with Gasteiger partial charge in [-0.05, 0) is 41.1 Å². The van der Waals surface area contributed by atoms with Gasteiger partial charge in [0.15, 0.2) is 6.61 Å². The summed E-state index contributed by atoms with van der Waals surface area (Å²) in [4.78, 5) is 26.9. The zero-order chi connectivity index (χ0) is 19.9. The molecule has 0 N–H and O–H groups in total. The van der Waals surface area contributed by atoms with Gasteiger partial charge in [-0.3, -0.25) is 4.79 Å². The highest BCUT2D eigenvalue weighted by molar-refractivity contribution is 7.12. The van der Waals surface area contributed by atoms with Crippen LogP contribution in [0.4, 0.5) is 0 Å². The Morgan fingerprint density at radius 3 is 2.43 bits per heavy atom. The predicted octanol–water partition coefficient (Wildman–Crippen LogP) is 4.79. The summed E-state index contributed by atoms with van der Waals surface area (Å²) in [6.07, 6.45) is 1.78. The van der Waals surface area contributed by atoms with Crippen LogP contribution in [0.15, 0.2) is 53.2 Å². The number of benzene rings is 1. The van der Waals surface area contributed by atoms with Crippen LogP contribution in [0.2, 0.25) is 0 Å². The monoisotopic (exact) mass is 414 g/mol. The minimum absolute atomic E-state index is 0.330. The van der Waals surface area contributed by atoms with Crippen molar-refractivity contribution in [1.82, 2.24) is 0 Å². The maximum atomic E-state index is 12.7. The molecule has 5 nitrogen and oxygen atoms in total. The van der Waals surface area contributed by atoms with Crippen molar-refractivity contribution in [3.05, 3.63) is 68.5 Å². The molecule has 0 radical (unpaired) electrons. The molecule has 0 amide bonds. The first-order chi connectivity index (χ1) is 13.6. The Morgan fingerprint density at radius 1 is 1.00 bits per heavy atom. The second-order valence-electron chi connectivity index (χ2n) is 5.62. The van der Waals surface area contributed by atoms with Crippen LogP contribution in [-0.2, 0) is 9.53 Å². The Kier molecular flexibility index (Phi) is 6.62. The van der Waals surface area contributed by atoms with E-state index in [0.29, 0.717) is 22.6 Å². The molecule has 0 fully saturated rings. The van der Waals surface area contributed by atoms with Crippen LogP contribution in [0.3, 0.4) is 0 Å². The number of carbonyl (C=O) groups is 2. The number of hydrogen-bond donors (Lipinski definition) is 0. The van der Waals surface area contributed by atoms with Gasteiger partial charge in [-0.2, -0.15) is 0 Å².